The Hall–Kier alpha value is -0.790. The normalized spacial score (nSPS) is 22.8. The molecule has 0 unspecified atom stereocenters. The molecule has 1 aromatic heterocycles. The van der Waals surface area contributed by atoms with E-state index < -0.39 is 0 Å². The number of fused-ring (bicyclic) bond motifs is 1. The number of aryl methyl sites for hydroxylation is 1. The molecule has 0 aliphatic heterocycles. The lowest BCUT2D eigenvalue weighted by molar-refractivity contribution is 0.320. The molecule has 1 fully saturated rings. The Morgan fingerprint density at radius 2 is 1.59 bits per heavy atom. The highest BCUT2D eigenvalue weighted by Crippen LogP contribution is 2.31. The number of nitrogens with zero attached hydrogens (tertiary/aromatic N) is 2. The van der Waals surface area contributed by atoms with Crippen molar-refractivity contribution in [1.29, 1.82) is 0 Å². The Morgan fingerprint density at radius 3 is 2.41 bits per heavy atom. The summed E-state index contributed by atoms with van der Waals surface area (Å²) < 4.78 is 2.40. The van der Waals surface area contributed by atoms with Gasteiger partial charge in [-0.05, 0) is 44.1 Å². The van der Waals surface area contributed by atoms with Crippen molar-refractivity contribution >= 4 is 0 Å². The Balaban J connectivity index is 1.83. The Morgan fingerprint density at radius 1 is 0.882 bits per heavy atom. The van der Waals surface area contributed by atoms with Crippen LogP contribution in [0.2, 0.25) is 0 Å². The minimum absolute atomic E-state index is 0.715. The van der Waals surface area contributed by atoms with Crippen molar-refractivity contribution in [3.05, 3.63) is 17.5 Å². The van der Waals surface area contributed by atoms with Crippen LogP contribution in [0, 0.1) is 0 Å². The van der Waals surface area contributed by atoms with Crippen molar-refractivity contribution < 1.29 is 0 Å². The smallest absolute Gasteiger partial charge is 0.0524 e. The molecule has 1 aromatic rings. The molecule has 3 rings (SSSR count). The van der Waals surface area contributed by atoms with E-state index in [0.717, 1.165) is 0 Å². The van der Waals surface area contributed by atoms with Crippen LogP contribution in [0.5, 0.6) is 0 Å². The second kappa shape index (κ2) is 5.24. The molecule has 0 saturated heterocycles. The van der Waals surface area contributed by atoms with Crippen LogP contribution in [-0.4, -0.2) is 9.78 Å². The van der Waals surface area contributed by atoms with Gasteiger partial charge in [0.05, 0.1) is 12.2 Å². The maximum Gasteiger partial charge on any atom is 0.0524 e. The van der Waals surface area contributed by atoms with Crippen molar-refractivity contribution in [2.24, 2.45) is 0 Å². The van der Waals surface area contributed by atoms with Crippen LogP contribution in [0.4, 0.5) is 0 Å². The maximum absolute atomic E-state index is 4.72. The van der Waals surface area contributed by atoms with Crippen LogP contribution in [0.3, 0.4) is 0 Å². The Bertz CT molecular complexity index is 361. The third-order valence-corrected chi connectivity index (χ3v) is 4.52. The van der Waals surface area contributed by atoms with Crippen LogP contribution in [-0.2, 0) is 12.8 Å². The van der Waals surface area contributed by atoms with Crippen LogP contribution in [0.1, 0.15) is 75.1 Å². The molecule has 0 N–H and O–H groups in total. The fourth-order valence-corrected chi connectivity index (χ4v) is 3.51. The van der Waals surface area contributed by atoms with E-state index in [1.54, 1.807) is 11.3 Å². The standard InChI is InChI=1S/C15H24N2/c1-2-7-11-15-13(8-4-1)12-16-17(15)14-9-5-3-6-10-14/h12,14H,1-11H2. The van der Waals surface area contributed by atoms with Gasteiger partial charge in [-0.3, -0.25) is 4.68 Å². The number of rotatable bonds is 1. The predicted octanol–water partition coefficient (Wildman–Crippen LogP) is 4.05. The second-order valence-corrected chi connectivity index (χ2v) is 5.77. The summed E-state index contributed by atoms with van der Waals surface area (Å²) in [5.41, 5.74) is 3.13. The summed E-state index contributed by atoms with van der Waals surface area (Å²) in [6.07, 6.45) is 17.2. The van der Waals surface area contributed by atoms with Gasteiger partial charge in [0.2, 0.25) is 0 Å². The van der Waals surface area contributed by atoms with Gasteiger partial charge in [-0.15, -0.1) is 0 Å². The highest BCUT2D eigenvalue weighted by atomic mass is 15.3. The lowest BCUT2D eigenvalue weighted by Gasteiger charge is -2.25. The first kappa shape index (κ1) is 11.3. The molecule has 1 saturated carbocycles. The zero-order valence-electron chi connectivity index (χ0n) is 10.8. The lowest BCUT2D eigenvalue weighted by atomic mass is 9.94. The lowest BCUT2D eigenvalue weighted by Crippen LogP contribution is -2.17. The SMILES string of the molecule is c1nn(C2CCCCC2)c2c1CCCCCC2. The monoisotopic (exact) mass is 232 g/mol. The molecule has 0 spiro atoms. The zero-order valence-corrected chi connectivity index (χ0v) is 10.8. The van der Waals surface area contributed by atoms with Gasteiger partial charge in [-0.2, -0.15) is 5.10 Å². The first-order valence-corrected chi connectivity index (χ1v) is 7.50. The van der Waals surface area contributed by atoms with Crippen LogP contribution >= 0.6 is 0 Å². The fourth-order valence-electron chi connectivity index (χ4n) is 3.51. The van der Waals surface area contributed by atoms with Crippen molar-refractivity contribution in [3.63, 3.8) is 0 Å². The molecular formula is C15H24N2. The Labute approximate surface area is 104 Å². The molecule has 2 heteroatoms. The summed E-state index contributed by atoms with van der Waals surface area (Å²) in [5.74, 6) is 0. The quantitative estimate of drug-likeness (QED) is 0.714. The largest absolute Gasteiger partial charge is 0.266 e. The summed E-state index contributed by atoms with van der Waals surface area (Å²) in [6.45, 7) is 0. The molecule has 17 heavy (non-hydrogen) atoms. The summed E-state index contributed by atoms with van der Waals surface area (Å²) in [6, 6.07) is 0.715. The molecular weight excluding hydrogens is 208 g/mol. The van der Waals surface area contributed by atoms with Gasteiger partial charge in [-0.1, -0.05) is 32.1 Å². The average Bonchev–Trinajstić information content (AvgIpc) is 2.72. The molecule has 0 amide bonds. The van der Waals surface area contributed by atoms with Gasteiger partial charge in [-0.25, -0.2) is 0 Å². The fraction of sp³-hybridized carbons (Fsp3) is 0.800. The first-order chi connectivity index (χ1) is 8.45. The molecule has 0 radical (unpaired) electrons. The minimum atomic E-state index is 0.715. The summed E-state index contributed by atoms with van der Waals surface area (Å²) in [5, 5.41) is 4.72. The summed E-state index contributed by atoms with van der Waals surface area (Å²) >= 11 is 0. The van der Waals surface area contributed by atoms with Crippen molar-refractivity contribution in [1.82, 2.24) is 9.78 Å². The van der Waals surface area contributed by atoms with Crippen LogP contribution in [0.25, 0.3) is 0 Å². The number of hydrogen-bond donors (Lipinski definition) is 0. The molecule has 0 bridgehead atoms. The van der Waals surface area contributed by atoms with E-state index >= 15 is 0 Å². The summed E-state index contributed by atoms with van der Waals surface area (Å²) in [7, 11) is 0. The van der Waals surface area contributed by atoms with Crippen molar-refractivity contribution in [2.75, 3.05) is 0 Å². The van der Waals surface area contributed by atoms with Gasteiger partial charge in [0.1, 0.15) is 0 Å². The van der Waals surface area contributed by atoms with E-state index in [0.29, 0.717) is 6.04 Å². The van der Waals surface area contributed by atoms with Gasteiger partial charge in [0.15, 0.2) is 0 Å². The second-order valence-electron chi connectivity index (χ2n) is 5.77. The molecule has 94 valence electrons. The molecule has 0 atom stereocenters. The third kappa shape index (κ3) is 2.41. The highest BCUT2D eigenvalue weighted by Gasteiger charge is 2.21. The van der Waals surface area contributed by atoms with E-state index in [1.165, 1.54) is 70.6 Å². The Kier molecular flexibility index (Phi) is 3.49. The minimum Gasteiger partial charge on any atom is -0.266 e. The average molecular weight is 232 g/mol. The van der Waals surface area contributed by atoms with Crippen LogP contribution in [0.15, 0.2) is 6.20 Å². The van der Waals surface area contributed by atoms with E-state index in [9.17, 15) is 0 Å². The van der Waals surface area contributed by atoms with E-state index in [2.05, 4.69) is 10.9 Å². The molecule has 2 nitrogen and oxygen atoms in total. The molecule has 2 aliphatic carbocycles. The van der Waals surface area contributed by atoms with Gasteiger partial charge >= 0.3 is 0 Å². The highest BCUT2D eigenvalue weighted by molar-refractivity contribution is 5.19. The van der Waals surface area contributed by atoms with Gasteiger partial charge in [0, 0.05) is 5.69 Å². The van der Waals surface area contributed by atoms with Gasteiger partial charge < -0.3 is 0 Å². The van der Waals surface area contributed by atoms with E-state index in [4.69, 9.17) is 5.10 Å². The van der Waals surface area contributed by atoms with Crippen molar-refractivity contribution in [3.8, 4) is 0 Å². The van der Waals surface area contributed by atoms with Crippen LogP contribution < -0.4 is 0 Å². The first-order valence-electron chi connectivity index (χ1n) is 7.50. The van der Waals surface area contributed by atoms with Gasteiger partial charge in [0.25, 0.3) is 0 Å². The number of hydrogen-bond acceptors (Lipinski definition) is 1. The van der Waals surface area contributed by atoms with Crippen molar-refractivity contribution in [2.45, 2.75) is 76.7 Å². The predicted molar refractivity (Wildman–Crippen MR) is 70.2 cm³/mol. The molecule has 1 heterocycles. The zero-order chi connectivity index (χ0) is 11.5. The maximum atomic E-state index is 4.72. The topological polar surface area (TPSA) is 17.8 Å². The number of aromatic nitrogens is 2. The molecule has 2 aliphatic rings. The molecule has 0 aromatic carbocycles. The van der Waals surface area contributed by atoms with E-state index in [-0.39, 0.29) is 0 Å². The summed E-state index contributed by atoms with van der Waals surface area (Å²) in [4.78, 5) is 0. The van der Waals surface area contributed by atoms with E-state index in [1.807, 2.05) is 0 Å². The third-order valence-electron chi connectivity index (χ3n) is 4.52.